The molecule has 2 aliphatic heterocycles. The number of ether oxygens (including phenoxy) is 2. The summed E-state index contributed by atoms with van der Waals surface area (Å²) in [7, 11) is 0. The molecule has 4 rings (SSSR count). The van der Waals surface area contributed by atoms with Crippen LogP contribution in [0.1, 0.15) is 11.1 Å². The van der Waals surface area contributed by atoms with Gasteiger partial charge in [0.05, 0.1) is 18.1 Å². The van der Waals surface area contributed by atoms with Crippen molar-refractivity contribution in [3.63, 3.8) is 0 Å². The third-order valence-corrected chi connectivity index (χ3v) is 5.36. The van der Waals surface area contributed by atoms with Crippen molar-refractivity contribution in [3.05, 3.63) is 70.6 Å². The SMILES string of the molecule is O=C1N=C(N2CCOCC2)S/C1=C\c1ccc(OCc2ccccc2)cc1. The molecule has 0 aromatic heterocycles. The van der Waals surface area contributed by atoms with Crippen molar-refractivity contribution in [2.24, 2.45) is 4.99 Å². The summed E-state index contributed by atoms with van der Waals surface area (Å²) in [5.41, 5.74) is 2.08. The maximum absolute atomic E-state index is 12.2. The number of benzene rings is 2. The Bertz CT molecular complexity index is 857. The zero-order chi connectivity index (χ0) is 18.5. The van der Waals surface area contributed by atoms with Gasteiger partial charge in [-0.1, -0.05) is 42.5 Å². The van der Waals surface area contributed by atoms with E-state index < -0.39 is 0 Å². The van der Waals surface area contributed by atoms with Gasteiger partial charge < -0.3 is 14.4 Å². The fourth-order valence-electron chi connectivity index (χ4n) is 2.84. The molecule has 1 saturated heterocycles. The van der Waals surface area contributed by atoms with Crippen LogP contribution in [0.15, 0.2) is 64.5 Å². The van der Waals surface area contributed by atoms with Gasteiger partial charge in [0, 0.05) is 13.1 Å². The van der Waals surface area contributed by atoms with Crippen LogP contribution in [-0.4, -0.2) is 42.3 Å². The van der Waals surface area contributed by atoms with Crippen LogP contribution in [0.5, 0.6) is 5.75 Å². The summed E-state index contributed by atoms with van der Waals surface area (Å²) in [5, 5.41) is 0.775. The van der Waals surface area contributed by atoms with Crippen molar-refractivity contribution in [2.75, 3.05) is 26.3 Å². The highest BCUT2D eigenvalue weighted by molar-refractivity contribution is 8.18. The van der Waals surface area contributed by atoms with Crippen LogP contribution in [0.3, 0.4) is 0 Å². The minimum absolute atomic E-state index is 0.175. The molecule has 6 heteroatoms. The average molecular weight is 380 g/mol. The van der Waals surface area contributed by atoms with Gasteiger partial charge in [-0.2, -0.15) is 4.99 Å². The summed E-state index contributed by atoms with van der Waals surface area (Å²) in [6.45, 7) is 3.45. The number of nitrogens with zero attached hydrogens (tertiary/aromatic N) is 2. The van der Waals surface area contributed by atoms with Crippen molar-refractivity contribution in [1.29, 1.82) is 0 Å². The predicted octanol–water partition coefficient (Wildman–Crippen LogP) is 3.57. The fraction of sp³-hybridized carbons (Fsp3) is 0.238. The first-order valence-electron chi connectivity index (χ1n) is 8.90. The van der Waals surface area contributed by atoms with Gasteiger partial charge in [0.2, 0.25) is 0 Å². The minimum Gasteiger partial charge on any atom is -0.489 e. The Morgan fingerprint density at radius 3 is 2.56 bits per heavy atom. The van der Waals surface area contributed by atoms with Crippen LogP contribution in [0.25, 0.3) is 6.08 Å². The largest absolute Gasteiger partial charge is 0.489 e. The number of carbonyl (C=O) groups excluding carboxylic acids is 1. The van der Waals surface area contributed by atoms with Crippen molar-refractivity contribution >= 4 is 28.9 Å². The highest BCUT2D eigenvalue weighted by Gasteiger charge is 2.27. The standard InChI is InChI=1S/C21H20N2O3S/c24-20-19(27-21(22-20)23-10-12-25-13-11-23)14-16-6-8-18(9-7-16)26-15-17-4-2-1-3-5-17/h1-9,14H,10-13,15H2/b19-14-. The van der Waals surface area contributed by atoms with Gasteiger partial charge in [-0.15, -0.1) is 0 Å². The Balaban J connectivity index is 1.37. The molecule has 0 N–H and O–H groups in total. The molecule has 0 unspecified atom stereocenters. The minimum atomic E-state index is -0.175. The maximum atomic E-state index is 12.2. The van der Waals surface area contributed by atoms with Gasteiger partial charge in [0.25, 0.3) is 5.91 Å². The lowest BCUT2D eigenvalue weighted by atomic mass is 10.2. The lowest BCUT2D eigenvalue weighted by Gasteiger charge is -2.27. The lowest BCUT2D eigenvalue weighted by molar-refractivity contribution is -0.113. The molecular formula is C21H20N2O3S. The van der Waals surface area contributed by atoms with E-state index in [1.807, 2.05) is 60.7 Å². The molecule has 0 radical (unpaired) electrons. The van der Waals surface area contributed by atoms with E-state index in [2.05, 4.69) is 9.89 Å². The third-order valence-electron chi connectivity index (χ3n) is 4.32. The van der Waals surface area contributed by atoms with Gasteiger partial charge in [-0.3, -0.25) is 4.79 Å². The molecule has 0 spiro atoms. The number of rotatable bonds is 4. The molecule has 27 heavy (non-hydrogen) atoms. The fourth-order valence-corrected chi connectivity index (χ4v) is 3.81. The topological polar surface area (TPSA) is 51.1 Å². The molecule has 2 heterocycles. The summed E-state index contributed by atoms with van der Waals surface area (Å²) >= 11 is 1.43. The Morgan fingerprint density at radius 1 is 1.07 bits per heavy atom. The van der Waals surface area contributed by atoms with Crippen LogP contribution in [0.2, 0.25) is 0 Å². The van der Waals surface area contributed by atoms with Gasteiger partial charge in [0.15, 0.2) is 5.17 Å². The first-order valence-corrected chi connectivity index (χ1v) is 9.72. The van der Waals surface area contributed by atoms with Crippen LogP contribution in [0, 0.1) is 0 Å². The molecule has 0 atom stereocenters. The van der Waals surface area contributed by atoms with Crippen molar-refractivity contribution < 1.29 is 14.3 Å². The first kappa shape index (κ1) is 17.8. The predicted molar refractivity (Wildman–Crippen MR) is 108 cm³/mol. The second kappa shape index (κ2) is 8.41. The van der Waals surface area contributed by atoms with Crippen LogP contribution < -0.4 is 4.74 Å². The van der Waals surface area contributed by atoms with E-state index in [1.54, 1.807) is 0 Å². The summed E-state index contributed by atoms with van der Waals surface area (Å²) in [6.07, 6.45) is 1.88. The zero-order valence-electron chi connectivity index (χ0n) is 14.8. The Labute approximate surface area is 162 Å². The van der Waals surface area contributed by atoms with E-state index in [4.69, 9.17) is 9.47 Å². The van der Waals surface area contributed by atoms with E-state index in [1.165, 1.54) is 11.8 Å². The molecule has 0 aliphatic carbocycles. The molecule has 5 nitrogen and oxygen atoms in total. The number of thioether (sulfide) groups is 1. The smallest absolute Gasteiger partial charge is 0.286 e. The zero-order valence-corrected chi connectivity index (χ0v) is 15.7. The Hall–Kier alpha value is -2.57. The molecular weight excluding hydrogens is 360 g/mol. The van der Waals surface area contributed by atoms with E-state index in [-0.39, 0.29) is 5.91 Å². The first-order chi connectivity index (χ1) is 13.3. The van der Waals surface area contributed by atoms with E-state index in [0.29, 0.717) is 24.7 Å². The Kier molecular flexibility index (Phi) is 5.55. The second-order valence-electron chi connectivity index (χ2n) is 6.25. The number of amides is 1. The monoisotopic (exact) mass is 380 g/mol. The summed E-state index contributed by atoms with van der Waals surface area (Å²) in [5.74, 6) is 0.627. The highest BCUT2D eigenvalue weighted by Crippen LogP contribution is 2.30. The van der Waals surface area contributed by atoms with Gasteiger partial charge >= 0.3 is 0 Å². The van der Waals surface area contributed by atoms with Gasteiger partial charge in [0.1, 0.15) is 12.4 Å². The number of hydrogen-bond donors (Lipinski definition) is 0. The quantitative estimate of drug-likeness (QED) is 0.759. The highest BCUT2D eigenvalue weighted by atomic mass is 32.2. The van der Waals surface area contributed by atoms with E-state index >= 15 is 0 Å². The number of carbonyl (C=O) groups is 1. The number of morpholine rings is 1. The number of amidine groups is 1. The van der Waals surface area contributed by atoms with E-state index in [0.717, 1.165) is 35.1 Å². The van der Waals surface area contributed by atoms with Crippen molar-refractivity contribution in [1.82, 2.24) is 4.90 Å². The number of hydrogen-bond acceptors (Lipinski definition) is 5. The molecule has 1 amide bonds. The lowest BCUT2D eigenvalue weighted by Crippen LogP contribution is -2.38. The molecule has 0 bridgehead atoms. The summed E-state index contributed by atoms with van der Waals surface area (Å²) in [6, 6.07) is 17.8. The third kappa shape index (κ3) is 4.59. The Morgan fingerprint density at radius 2 is 1.81 bits per heavy atom. The van der Waals surface area contributed by atoms with Gasteiger partial charge in [-0.05, 0) is 41.1 Å². The van der Waals surface area contributed by atoms with Crippen molar-refractivity contribution in [3.8, 4) is 5.75 Å². The molecule has 138 valence electrons. The van der Waals surface area contributed by atoms with Gasteiger partial charge in [-0.25, -0.2) is 0 Å². The van der Waals surface area contributed by atoms with Crippen LogP contribution in [0.4, 0.5) is 0 Å². The molecule has 1 fully saturated rings. The average Bonchev–Trinajstić information content (AvgIpc) is 3.09. The van der Waals surface area contributed by atoms with Crippen LogP contribution in [-0.2, 0) is 16.1 Å². The molecule has 2 aromatic rings. The van der Waals surface area contributed by atoms with Crippen molar-refractivity contribution in [2.45, 2.75) is 6.61 Å². The second-order valence-corrected chi connectivity index (χ2v) is 7.26. The molecule has 2 aromatic carbocycles. The normalized spacial score (nSPS) is 18.7. The van der Waals surface area contributed by atoms with E-state index in [9.17, 15) is 4.79 Å². The molecule has 2 aliphatic rings. The molecule has 0 saturated carbocycles. The maximum Gasteiger partial charge on any atom is 0.286 e. The summed E-state index contributed by atoms with van der Waals surface area (Å²) in [4.78, 5) is 19.1. The summed E-state index contributed by atoms with van der Waals surface area (Å²) < 4.78 is 11.2. The number of aliphatic imine (C=N–C) groups is 1. The van der Waals surface area contributed by atoms with Crippen LogP contribution >= 0.6 is 11.8 Å².